The molecule has 6 N–H and O–H groups in total. The first-order chi connectivity index (χ1) is 6.54. The maximum absolute atomic E-state index is 9.21. The van der Waals surface area contributed by atoms with Crippen LogP contribution in [0.4, 0.5) is 0 Å². The highest BCUT2D eigenvalue weighted by molar-refractivity contribution is 9.09. The Labute approximate surface area is 99.9 Å². The molecule has 0 saturated heterocycles. The topological polar surface area (TPSA) is 136 Å². The summed E-state index contributed by atoms with van der Waals surface area (Å²) < 4.78 is 0. The van der Waals surface area contributed by atoms with Crippen molar-refractivity contribution in [2.75, 3.05) is 24.8 Å². The number of carboxylic acid groups (broad SMARTS) is 2. The number of carboxylic acids is 2. The lowest BCUT2D eigenvalue weighted by Crippen LogP contribution is -2.40. The van der Waals surface area contributed by atoms with Crippen LogP contribution < -0.4 is 21.7 Å². The van der Waals surface area contributed by atoms with Gasteiger partial charge in [0, 0.05) is 10.7 Å². The minimum Gasteiger partial charge on any atom is -0.549 e. The third-order valence-electron chi connectivity index (χ3n) is 0.218. The van der Waals surface area contributed by atoms with Crippen LogP contribution in [0.5, 0.6) is 0 Å². The highest BCUT2D eigenvalue weighted by Crippen LogP contribution is 1.70. The van der Waals surface area contributed by atoms with Gasteiger partial charge >= 0.3 is 0 Å². The van der Waals surface area contributed by atoms with Crippen LogP contribution in [-0.2, 0) is 9.59 Å². The van der Waals surface area contributed by atoms with Gasteiger partial charge in [-0.25, -0.2) is 0 Å². The van der Waals surface area contributed by atoms with Gasteiger partial charge in [0.25, 0.3) is 0 Å². The average molecular weight is 340 g/mol. The summed E-state index contributed by atoms with van der Waals surface area (Å²) in [5.41, 5.74) is 6.50. The normalized spacial score (nSPS) is 6.14. The lowest BCUT2D eigenvalue weighted by Gasteiger charge is -1.85. The van der Waals surface area contributed by atoms with Crippen molar-refractivity contribution in [1.29, 1.82) is 0 Å². The maximum atomic E-state index is 9.21. The van der Waals surface area contributed by atoms with E-state index in [0.29, 0.717) is 0 Å². The number of carbonyl (C=O) groups is 2. The van der Waals surface area contributed by atoms with Gasteiger partial charge < -0.3 is 31.3 Å². The van der Waals surface area contributed by atoms with Crippen molar-refractivity contribution < 1.29 is 31.3 Å². The molecule has 0 unspecified atom stereocenters. The van der Waals surface area contributed by atoms with Gasteiger partial charge in [-0.05, 0) is 0 Å². The second-order valence-corrected chi connectivity index (χ2v) is 2.13. The van der Waals surface area contributed by atoms with Crippen LogP contribution in [0.25, 0.3) is 0 Å². The summed E-state index contributed by atoms with van der Waals surface area (Å²) in [4.78, 5) is 18.4. The van der Waals surface area contributed by atoms with Crippen molar-refractivity contribution in [1.82, 2.24) is 0 Å². The molecular formula is C6H16Br2N2O4. The zero-order valence-electron chi connectivity index (χ0n) is 8.22. The van der Waals surface area contributed by atoms with Crippen LogP contribution in [-0.4, -0.2) is 36.7 Å². The second kappa shape index (κ2) is 29.3. The molecule has 0 fully saturated rings. The fourth-order valence-electron chi connectivity index (χ4n) is 0. The Balaban J connectivity index is -0.0000000528. The molecule has 0 aromatic rings. The van der Waals surface area contributed by atoms with Crippen molar-refractivity contribution in [3.8, 4) is 0 Å². The van der Waals surface area contributed by atoms with E-state index in [4.69, 9.17) is 0 Å². The number of alkyl halides is 2. The molecule has 0 radical (unpaired) electrons. The summed E-state index contributed by atoms with van der Waals surface area (Å²) in [6, 6.07) is 0. The molecule has 0 aromatic carbocycles. The number of hydrogen-bond acceptors (Lipinski definition) is 4. The van der Waals surface area contributed by atoms with E-state index in [1.165, 1.54) is 0 Å². The Bertz CT molecular complexity index is 110. The first kappa shape index (κ1) is 23.6. The Hall–Kier alpha value is -0.180. The predicted octanol–water partition coefficient (Wildman–Crippen LogP) is -4.02. The van der Waals surface area contributed by atoms with Gasteiger partial charge in [-0.3, -0.25) is 0 Å². The minimum atomic E-state index is -1.08. The molecule has 0 rings (SSSR count). The maximum Gasteiger partial charge on any atom is 0.0634 e. The van der Waals surface area contributed by atoms with Crippen molar-refractivity contribution in [2.24, 2.45) is 0 Å². The Morgan fingerprint density at radius 3 is 1.00 bits per heavy atom. The lowest BCUT2D eigenvalue weighted by atomic mass is 10.8. The molecule has 0 aliphatic rings. The Kier molecular flexibility index (Phi) is 49.3. The Morgan fingerprint density at radius 2 is 1.00 bits per heavy atom. The highest BCUT2D eigenvalue weighted by atomic mass is 79.9. The second-order valence-electron chi connectivity index (χ2n) is 1.01. The fraction of sp³-hybridized carbons (Fsp3) is 0.667. The number of aliphatic carboxylic acids is 2. The van der Waals surface area contributed by atoms with Gasteiger partial charge in [0.2, 0.25) is 0 Å². The van der Waals surface area contributed by atoms with Crippen LogP contribution in [0.1, 0.15) is 0 Å². The molecule has 8 heteroatoms. The molecule has 0 spiro atoms. The minimum absolute atomic E-state index is 0.0764. The fourth-order valence-corrected chi connectivity index (χ4v) is 0. The highest BCUT2D eigenvalue weighted by Gasteiger charge is 1.68. The third-order valence-corrected chi connectivity index (χ3v) is 1.13. The van der Waals surface area contributed by atoms with E-state index in [1.54, 1.807) is 14.1 Å². The Morgan fingerprint density at radius 1 is 0.929 bits per heavy atom. The molecule has 0 heterocycles. The number of halogens is 2. The van der Waals surface area contributed by atoms with Gasteiger partial charge in [-0.1, -0.05) is 31.9 Å². The number of rotatable bonds is 2. The molecule has 88 valence electrons. The first-order valence-corrected chi connectivity index (χ1v) is 5.72. The van der Waals surface area contributed by atoms with Crippen LogP contribution in [0.2, 0.25) is 0 Å². The van der Waals surface area contributed by atoms with Gasteiger partial charge in [-0.15, -0.1) is 0 Å². The summed E-state index contributed by atoms with van der Waals surface area (Å²) in [6.07, 6.45) is 0. The van der Waals surface area contributed by atoms with Crippen molar-refractivity contribution >= 4 is 43.8 Å². The van der Waals surface area contributed by atoms with Crippen LogP contribution >= 0.6 is 31.9 Å². The van der Waals surface area contributed by atoms with E-state index in [-0.39, 0.29) is 10.7 Å². The van der Waals surface area contributed by atoms with Crippen LogP contribution in [0.15, 0.2) is 0 Å². The molecule has 6 nitrogen and oxygen atoms in total. The molecule has 0 amide bonds. The predicted molar refractivity (Wildman–Crippen MR) is 55.2 cm³/mol. The van der Waals surface area contributed by atoms with Gasteiger partial charge in [-0.2, -0.15) is 0 Å². The average Bonchev–Trinajstić information content (AvgIpc) is 2.24. The summed E-state index contributed by atoms with van der Waals surface area (Å²) in [7, 11) is 3.50. The van der Waals surface area contributed by atoms with E-state index < -0.39 is 11.9 Å². The zero-order valence-corrected chi connectivity index (χ0v) is 11.4. The largest absolute Gasteiger partial charge is 0.549 e. The zero-order chi connectivity index (χ0) is 12.6. The van der Waals surface area contributed by atoms with E-state index in [1.807, 2.05) is 0 Å². The summed E-state index contributed by atoms with van der Waals surface area (Å²) in [5.74, 6) is -2.16. The quantitative estimate of drug-likeness (QED) is 0.495. The van der Waals surface area contributed by atoms with Gasteiger partial charge in [0.15, 0.2) is 0 Å². The van der Waals surface area contributed by atoms with Crippen molar-refractivity contribution in [3.63, 3.8) is 0 Å². The standard InChI is InChI=1S/2C2H3BrO2.2CH5N/c2*3-1-2(4)5;2*1-2/h2*1H2,(H,4,5);2*2H2,1H3. The molecule has 14 heavy (non-hydrogen) atoms. The SMILES string of the molecule is C[NH3+].C[NH3+].O=C([O-])CBr.O=C([O-])CBr. The van der Waals surface area contributed by atoms with Crippen LogP contribution in [0, 0.1) is 0 Å². The molecule has 0 bridgehead atoms. The molecular weight excluding hydrogens is 324 g/mol. The first-order valence-electron chi connectivity index (χ1n) is 3.47. The molecule has 0 aliphatic carbocycles. The molecule has 0 atom stereocenters. The monoisotopic (exact) mass is 338 g/mol. The van der Waals surface area contributed by atoms with E-state index in [0.717, 1.165) is 0 Å². The number of carbonyl (C=O) groups excluding carboxylic acids is 2. The van der Waals surface area contributed by atoms with E-state index in [9.17, 15) is 19.8 Å². The van der Waals surface area contributed by atoms with Gasteiger partial charge in [0.05, 0.1) is 26.0 Å². The number of hydrogen-bond donors (Lipinski definition) is 2. The summed E-state index contributed by atoms with van der Waals surface area (Å²) in [6.45, 7) is 0. The van der Waals surface area contributed by atoms with E-state index in [2.05, 4.69) is 43.3 Å². The van der Waals surface area contributed by atoms with E-state index >= 15 is 0 Å². The lowest BCUT2D eigenvalue weighted by molar-refractivity contribution is -0.325. The smallest absolute Gasteiger partial charge is 0.0634 e. The summed E-state index contributed by atoms with van der Waals surface area (Å²) >= 11 is 5.30. The van der Waals surface area contributed by atoms with Crippen molar-refractivity contribution in [2.45, 2.75) is 0 Å². The van der Waals surface area contributed by atoms with Crippen LogP contribution in [0.3, 0.4) is 0 Å². The molecule has 0 aliphatic heterocycles. The number of quaternary nitrogens is 2. The molecule has 0 aromatic heterocycles. The van der Waals surface area contributed by atoms with Gasteiger partial charge in [0.1, 0.15) is 0 Å². The molecule has 0 saturated carbocycles. The third kappa shape index (κ3) is 94.8. The van der Waals surface area contributed by atoms with Crippen molar-refractivity contribution in [3.05, 3.63) is 0 Å². The summed E-state index contributed by atoms with van der Waals surface area (Å²) in [5, 5.41) is 18.3.